The van der Waals surface area contributed by atoms with Gasteiger partial charge in [-0.1, -0.05) is 15.9 Å². The van der Waals surface area contributed by atoms with Gasteiger partial charge in [0.2, 0.25) is 0 Å². The van der Waals surface area contributed by atoms with E-state index in [-0.39, 0.29) is 11.3 Å². The summed E-state index contributed by atoms with van der Waals surface area (Å²) in [5.74, 6) is 1.82. The maximum Gasteiger partial charge on any atom is 0.150 e. The van der Waals surface area contributed by atoms with Gasteiger partial charge in [-0.15, -0.1) is 0 Å². The van der Waals surface area contributed by atoms with Crippen LogP contribution in [0.2, 0.25) is 0 Å². The van der Waals surface area contributed by atoms with Gasteiger partial charge in [0.1, 0.15) is 5.75 Å². The second-order valence-corrected chi connectivity index (χ2v) is 9.34. The predicted molar refractivity (Wildman–Crippen MR) is 86.5 cm³/mol. The Kier molecular flexibility index (Phi) is 4.05. The zero-order valence-corrected chi connectivity index (χ0v) is 14.5. The zero-order chi connectivity index (χ0) is 15.1. The molecule has 2 heterocycles. The van der Waals surface area contributed by atoms with Crippen LogP contribution in [-0.4, -0.2) is 40.1 Å². The molecule has 0 amide bonds. The van der Waals surface area contributed by atoms with Crippen LogP contribution in [0.25, 0.3) is 0 Å². The number of hydrogen-bond donors (Lipinski definition) is 1. The van der Waals surface area contributed by atoms with Gasteiger partial charge in [-0.25, -0.2) is 8.42 Å². The Hall–Kier alpha value is -0.590. The number of rotatable bonds is 4. The minimum Gasteiger partial charge on any atom is -0.496 e. The first-order chi connectivity index (χ1) is 9.94. The number of ether oxygens (including phenoxy) is 1. The highest BCUT2D eigenvalue weighted by atomic mass is 79.9. The number of benzene rings is 1. The van der Waals surface area contributed by atoms with Crippen LogP contribution in [0.15, 0.2) is 22.7 Å². The molecule has 6 heteroatoms. The number of nitrogens with one attached hydrogen (secondary N) is 1. The molecule has 2 aliphatic rings. The van der Waals surface area contributed by atoms with E-state index in [1.54, 1.807) is 7.11 Å². The molecule has 1 N–H and O–H groups in total. The summed E-state index contributed by atoms with van der Waals surface area (Å²) in [7, 11) is -1.16. The molecule has 2 saturated heterocycles. The van der Waals surface area contributed by atoms with Crippen molar-refractivity contribution in [3.63, 3.8) is 0 Å². The lowest BCUT2D eigenvalue weighted by atomic mass is 9.66. The molecule has 4 nitrogen and oxygen atoms in total. The van der Waals surface area contributed by atoms with Crippen LogP contribution in [0, 0.1) is 11.3 Å². The van der Waals surface area contributed by atoms with E-state index >= 15 is 0 Å². The van der Waals surface area contributed by atoms with Crippen molar-refractivity contribution in [1.82, 2.24) is 5.32 Å². The van der Waals surface area contributed by atoms with E-state index in [4.69, 9.17) is 4.74 Å². The lowest BCUT2D eigenvalue weighted by molar-refractivity contribution is 0.0916. The number of methoxy groups -OCH3 is 1. The molecule has 0 aliphatic carbocycles. The minimum atomic E-state index is -2.84. The fourth-order valence-electron chi connectivity index (χ4n) is 3.55. The first-order valence-electron chi connectivity index (χ1n) is 7.18. The van der Waals surface area contributed by atoms with Gasteiger partial charge < -0.3 is 10.1 Å². The van der Waals surface area contributed by atoms with Crippen molar-refractivity contribution in [2.45, 2.75) is 12.8 Å². The highest BCUT2D eigenvalue weighted by Gasteiger charge is 2.48. The lowest BCUT2D eigenvalue weighted by Crippen LogP contribution is -2.59. The Morgan fingerprint density at radius 2 is 2.19 bits per heavy atom. The Morgan fingerprint density at radius 3 is 2.71 bits per heavy atom. The van der Waals surface area contributed by atoms with Gasteiger partial charge in [-0.05, 0) is 42.5 Å². The van der Waals surface area contributed by atoms with E-state index in [2.05, 4.69) is 27.3 Å². The SMILES string of the molecule is COc1ccc(Br)cc1CC1(C2CCS(=O)(=O)C2)CNC1. The highest BCUT2D eigenvalue weighted by molar-refractivity contribution is 9.10. The molecule has 1 unspecified atom stereocenters. The first-order valence-corrected chi connectivity index (χ1v) is 9.79. The van der Waals surface area contributed by atoms with Gasteiger partial charge in [-0.2, -0.15) is 0 Å². The fourth-order valence-corrected chi connectivity index (χ4v) is 5.90. The maximum absolute atomic E-state index is 11.8. The second kappa shape index (κ2) is 5.56. The average molecular weight is 374 g/mol. The second-order valence-electron chi connectivity index (χ2n) is 6.20. The summed E-state index contributed by atoms with van der Waals surface area (Å²) < 4.78 is 30.1. The van der Waals surface area contributed by atoms with Gasteiger partial charge in [0.15, 0.2) is 9.84 Å². The summed E-state index contributed by atoms with van der Waals surface area (Å²) in [5, 5.41) is 3.33. The average Bonchev–Trinajstić information content (AvgIpc) is 2.74. The topological polar surface area (TPSA) is 55.4 Å². The predicted octanol–water partition coefficient (Wildman–Crippen LogP) is 2.02. The van der Waals surface area contributed by atoms with Crippen molar-refractivity contribution in [1.29, 1.82) is 0 Å². The Bertz CT molecular complexity index is 640. The third kappa shape index (κ3) is 2.98. The van der Waals surface area contributed by atoms with Gasteiger partial charge in [-0.3, -0.25) is 0 Å². The molecular formula is C15H20BrNO3S. The van der Waals surface area contributed by atoms with Gasteiger partial charge in [0, 0.05) is 23.0 Å². The van der Waals surface area contributed by atoms with Gasteiger partial charge in [0.05, 0.1) is 18.6 Å². The summed E-state index contributed by atoms with van der Waals surface area (Å²) in [5.41, 5.74) is 1.20. The first kappa shape index (κ1) is 15.3. The van der Waals surface area contributed by atoms with E-state index in [0.717, 1.165) is 41.7 Å². The molecule has 0 radical (unpaired) electrons. The summed E-state index contributed by atoms with van der Waals surface area (Å²) in [6, 6.07) is 6.01. The normalized spacial score (nSPS) is 26.3. The summed E-state index contributed by atoms with van der Waals surface area (Å²) in [6.07, 6.45) is 1.66. The number of halogens is 1. The minimum absolute atomic E-state index is 0.0532. The van der Waals surface area contributed by atoms with E-state index in [9.17, 15) is 8.42 Å². The molecule has 0 bridgehead atoms. The van der Waals surface area contributed by atoms with E-state index in [1.807, 2.05) is 12.1 Å². The lowest BCUT2D eigenvalue weighted by Gasteiger charge is -2.47. The Morgan fingerprint density at radius 1 is 1.43 bits per heavy atom. The molecule has 2 fully saturated rings. The Labute approximate surface area is 134 Å². The quantitative estimate of drug-likeness (QED) is 0.876. The van der Waals surface area contributed by atoms with Crippen molar-refractivity contribution in [3.8, 4) is 5.75 Å². The molecule has 0 saturated carbocycles. The summed E-state index contributed by atoms with van der Waals surface area (Å²) in [4.78, 5) is 0. The van der Waals surface area contributed by atoms with Crippen LogP contribution >= 0.6 is 15.9 Å². The van der Waals surface area contributed by atoms with Crippen LogP contribution < -0.4 is 10.1 Å². The van der Waals surface area contributed by atoms with Crippen molar-refractivity contribution in [3.05, 3.63) is 28.2 Å². The number of sulfone groups is 1. The maximum atomic E-state index is 11.8. The van der Waals surface area contributed by atoms with E-state index in [0.29, 0.717) is 11.5 Å². The molecule has 1 atom stereocenters. The molecule has 116 valence electrons. The monoisotopic (exact) mass is 373 g/mol. The third-order valence-corrected chi connectivity index (χ3v) is 7.10. The smallest absolute Gasteiger partial charge is 0.150 e. The van der Waals surface area contributed by atoms with Crippen LogP contribution in [0.4, 0.5) is 0 Å². The molecule has 0 aromatic heterocycles. The molecule has 0 spiro atoms. The largest absolute Gasteiger partial charge is 0.496 e. The van der Waals surface area contributed by atoms with Crippen molar-refractivity contribution < 1.29 is 13.2 Å². The summed E-state index contributed by atoms with van der Waals surface area (Å²) in [6.45, 7) is 1.78. The molecule has 1 aromatic rings. The van der Waals surface area contributed by atoms with Crippen molar-refractivity contribution in [2.75, 3.05) is 31.7 Å². The van der Waals surface area contributed by atoms with E-state index < -0.39 is 9.84 Å². The van der Waals surface area contributed by atoms with Crippen molar-refractivity contribution in [2.24, 2.45) is 11.3 Å². The van der Waals surface area contributed by atoms with Crippen molar-refractivity contribution >= 4 is 25.8 Å². The zero-order valence-electron chi connectivity index (χ0n) is 12.1. The molecule has 2 aliphatic heterocycles. The van der Waals surface area contributed by atoms with Gasteiger partial charge >= 0.3 is 0 Å². The summed E-state index contributed by atoms with van der Waals surface area (Å²) >= 11 is 3.51. The molecule has 21 heavy (non-hydrogen) atoms. The Balaban J connectivity index is 1.86. The molecule has 1 aromatic carbocycles. The third-order valence-electron chi connectivity index (χ3n) is 4.84. The number of hydrogen-bond acceptors (Lipinski definition) is 4. The van der Waals surface area contributed by atoms with Crippen LogP contribution in [-0.2, 0) is 16.3 Å². The highest BCUT2D eigenvalue weighted by Crippen LogP contribution is 2.43. The fraction of sp³-hybridized carbons (Fsp3) is 0.600. The molecule has 3 rings (SSSR count). The standard InChI is InChI=1S/C15H20BrNO3S/c1-20-14-3-2-13(16)6-11(14)7-15(9-17-10-15)12-4-5-21(18,19)8-12/h2-3,6,12,17H,4-5,7-10H2,1H3. The van der Waals surface area contributed by atoms with E-state index in [1.165, 1.54) is 0 Å². The van der Waals surface area contributed by atoms with Crippen LogP contribution in [0.3, 0.4) is 0 Å². The van der Waals surface area contributed by atoms with Crippen LogP contribution in [0.1, 0.15) is 12.0 Å². The van der Waals surface area contributed by atoms with Gasteiger partial charge in [0.25, 0.3) is 0 Å². The van der Waals surface area contributed by atoms with Crippen LogP contribution in [0.5, 0.6) is 5.75 Å². The molecular weight excluding hydrogens is 354 g/mol.